The quantitative estimate of drug-likeness (QED) is 0.765. The van der Waals surface area contributed by atoms with Gasteiger partial charge in [0.2, 0.25) is 0 Å². The zero-order chi connectivity index (χ0) is 9.47. The Morgan fingerprint density at radius 3 is 2.69 bits per heavy atom. The van der Waals surface area contributed by atoms with Crippen LogP contribution in [-0.4, -0.2) is 16.8 Å². The number of nitrogens with zero attached hydrogens (tertiary/aromatic N) is 2. The van der Waals surface area contributed by atoms with Gasteiger partial charge < -0.3 is 5.32 Å². The van der Waals surface area contributed by atoms with Gasteiger partial charge in [-0.25, -0.2) is 0 Å². The highest BCUT2D eigenvalue weighted by Gasteiger charge is 2.45. The summed E-state index contributed by atoms with van der Waals surface area (Å²) in [6, 6.07) is 2.58. The first-order valence-corrected chi connectivity index (χ1v) is 4.92. The topological polar surface area (TPSA) is 29.9 Å². The van der Waals surface area contributed by atoms with Gasteiger partial charge in [0.25, 0.3) is 0 Å². The third kappa shape index (κ3) is 1.27. The third-order valence-corrected chi connectivity index (χ3v) is 2.88. The van der Waals surface area contributed by atoms with Gasteiger partial charge in [0.05, 0.1) is 11.2 Å². The molecule has 72 valence electrons. The summed E-state index contributed by atoms with van der Waals surface area (Å²) in [5, 5.41) is 7.74. The highest BCUT2D eigenvalue weighted by molar-refractivity contribution is 5.22. The fraction of sp³-hybridized carbons (Fsp3) is 0.700. The molecule has 0 aliphatic heterocycles. The van der Waals surface area contributed by atoms with E-state index in [1.807, 2.05) is 13.2 Å². The van der Waals surface area contributed by atoms with Crippen LogP contribution in [0.25, 0.3) is 0 Å². The minimum atomic E-state index is 0.237. The summed E-state index contributed by atoms with van der Waals surface area (Å²) in [7, 11) is 2.03. The Kier molecular flexibility index (Phi) is 1.91. The summed E-state index contributed by atoms with van der Waals surface area (Å²) in [5.41, 5.74) is 1.57. The molecule has 13 heavy (non-hydrogen) atoms. The highest BCUT2D eigenvalue weighted by atomic mass is 15.3. The summed E-state index contributed by atoms with van der Waals surface area (Å²) < 4.78 is 2.11. The van der Waals surface area contributed by atoms with E-state index in [0.29, 0.717) is 6.04 Å². The van der Waals surface area contributed by atoms with Crippen LogP contribution in [0.2, 0.25) is 0 Å². The molecule has 0 amide bonds. The fourth-order valence-corrected chi connectivity index (χ4v) is 1.86. The Morgan fingerprint density at radius 1 is 1.54 bits per heavy atom. The van der Waals surface area contributed by atoms with Gasteiger partial charge in [-0.05, 0) is 39.8 Å². The van der Waals surface area contributed by atoms with Crippen molar-refractivity contribution in [1.29, 1.82) is 0 Å². The molecule has 3 heteroatoms. The second-order valence-electron chi connectivity index (χ2n) is 4.09. The van der Waals surface area contributed by atoms with Gasteiger partial charge in [-0.2, -0.15) is 5.10 Å². The van der Waals surface area contributed by atoms with E-state index in [9.17, 15) is 0 Å². The minimum absolute atomic E-state index is 0.237. The van der Waals surface area contributed by atoms with Crippen LogP contribution >= 0.6 is 0 Å². The van der Waals surface area contributed by atoms with Gasteiger partial charge in [0.1, 0.15) is 0 Å². The normalized spacial score (nSPS) is 19.4. The molecule has 0 aromatic carbocycles. The van der Waals surface area contributed by atoms with E-state index < -0.39 is 0 Å². The molecule has 1 aliphatic carbocycles. The van der Waals surface area contributed by atoms with Crippen LogP contribution in [0.4, 0.5) is 0 Å². The smallest absolute Gasteiger partial charge is 0.0604 e. The fourth-order valence-electron chi connectivity index (χ4n) is 1.86. The molecule has 0 spiro atoms. The number of rotatable bonds is 3. The second kappa shape index (κ2) is 2.84. The lowest BCUT2D eigenvalue weighted by molar-refractivity contribution is 0.452. The molecule has 3 nitrogen and oxygen atoms in total. The largest absolute Gasteiger partial charge is 0.309 e. The molecule has 1 aliphatic rings. The maximum Gasteiger partial charge on any atom is 0.0604 e. The Morgan fingerprint density at radius 2 is 2.23 bits per heavy atom. The molecule has 1 saturated carbocycles. The van der Waals surface area contributed by atoms with Crippen molar-refractivity contribution in [3.05, 3.63) is 18.0 Å². The SMILES string of the molecule is CNC1(c2ccnn2C(C)C)CC1. The van der Waals surface area contributed by atoms with Gasteiger partial charge in [-0.15, -0.1) is 0 Å². The van der Waals surface area contributed by atoms with Crippen molar-refractivity contribution in [2.45, 2.75) is 38.3 Å². The summed E-state index contributed by atoms with van der Waals surface area (Å²) >= 11 is 0. The molecule has 1 aromatic rings. The highest BCUT2D eigenvalue weighted by Crippen LogP contribution is 2.45. The maximum absolute atomic E-state index is 4.35. The monoisotopic (exact) mass is 179 g/mol. The van der Waals surface area contributed by atoms with Crippen molar-refractivity contribution in [2.24, 2.45) is 0 Å². The molecule has 0 unspecified atom stereocenters. The lowest BCUT2D eigenvalue weighted by Crippen LogP contribution is -2.28. The van der Waals surface area contributed by atoms with Crippen LogP contribution in [0.1, 0.15) is 38.4 Å². The molecule has 1 aromatic heterocycles. The third-order valence-electron chi connectivity index (χ3n) is 2.88. The molecule has 1 N–H and O–H groups in total. The van der Waals surface area contributed by atoms with Crippen molar-refractivity contribution >= 4 is 0 Å². The molecule has 2 rings (SSSR count). The number of aromatic nitrogens is 2. The van der Waals surface area contributed by atoms with Crippen LogP contribution < -0.4 is 5.32 Å². The lowest BCUT2D eigenvalue weighted by Gasteiger charge is -2.18. The van der Waals surface area contributed by atoms with E-state index in [1.165, 1.54) is 18.5 Å². The first-order chi connectivity index (χ1) is 6.19. The number of hydrogen-bond acceptors (Lipinski definition) is 2. The molecule has 0 radical (unpaired) electrons. The zero-order valence-electron chi connectivity index (χ0n) is 8.54. The van der Waals surface area contributed by atoms with Crippen molar-refractivity contribution < 1.29 is 0 Å². The number of nitrogens with one attached hydrogen (secondary N) is 1. The Hall–Kier alpha value is -0.830. The average molecular weight is 179 g/mol. The van der Waals surface area contributed by atoms with E-state index in [-0.39, 0.29) is 5.54 Å². The molecular formula is C10H17N3. The molecular weight excluding hydrogens is 162 g/mol. The van der Waals surface area contributed by atoms with E-state index in [0.717, 1.165) is 0 Å². The molecule has 0 atom stereocenters. The van der Waals surface area contributed by atoms with E-state index in [2.05, 4.69) is 35.0 Å². The maximum atomic E-state index is 4.35. The van der Waals surface area contributed by atoms with Gasteiger partial charge in [0.15, 0.2) is 0 Å². The van der Waals surface area contributed by atoms with Crippen molar-refractivity contribution in [3.63, 3.8) is 0 Å². The minimum Gasteiger partial charge on any atom is -0.309 e. The summed E-state index contributed by atoms with van der Waals surface area (Å²) in [6.07, 6.45) is 4.37. The van der Waals surface area contributed by atoms with E-state index >= 15 is 0 Å². The van der Waals surface area contributed by atoms with Crippen LogP contribution in [0.15, 0.2) is 12.3 Å². The van der Waals surface area contributed by atoms with Gasteiger partial charge in [-0.3, -0.25) is 4.68 Å². The first kappa shape index (κ1) is 8.75. The van der Waals surface area contributed by atoms with E-state index in [1.54, 1.807) is 0 Å². The van der Waals surface area contributed by atoms with Crippen molar-refractivity contribution in [3.8, 4) is 0 Å². The van der Waals surface area contributed by atoms with Gasteiger partial charge in [0, 0.05) is 12.2 Å². The Labute approximate surface area is 79.1 Å². The lowest BCUT2D eigenvalue weighted by atomic mass is 10.2. The van der Waals surface area contributed by atoms with Crippen molar-refractivity contribution in [1.82, 2.24) is 15.1 Å². The molecule has 1 heterocycles. The van der Waals surface area contributed by atoms with Crippen LogP contribution in [0.3, 0.4) is 0 Å². The summed E-state index contributed by atoms with van der Waals surface area (Å²) in [6.45, 7) is 4.34. The Balaban J connectivity index is 2.35. The first-order valence-electron chi connectivity index (χ1n) is 4.92. The van der Waals surface area contributed by atoms with Crippen LogP contribution in [0.5, 0.6) is 0 Å². The van der Waals surface area contributed by atoms with Gasteiger partial charge >= 0.3 is 0 Å². The predicted octanol–water partition coefficient (Wildman–Crippen LogP) is 1.67. The molecule has 1 fully saturated rings. The standard InChI is InChI=1S/C10H17N3/c1-8(2)13-9(4-7-12-13)10(11-3)5-6-10/h4,7-8,11H,5-6H2,1-3H3. The van der Waals surface area contributed by atoms with Gasteiger partial charge in [-0.1, -0.05) is 0 Å². The van der Waals surface area contributed by atoms with Crippen LogP contribution in [0, 0.1) is 0 Å². The van der Waals surface area contributed by atoms with Crippen LogP contribution in [-0.2, 0) is 5.54 Å². The number of hydrogen-bond donors (Lipinski definition) is 1. The average Bonchev–Trinajstić information content (AvgIpc) is 2.74. The molecule has 0 saturated heterocycles. The summed E-state index contributed by atoms with van der Waals surface area (Å²) in [5.74, 6) is 0. The Bertz CT molecular complexity index is 297. The van der Waals surface area contributed by atoms with E-state index in [4.69, 9.17) is 0 Å². The van der Waals surface area contributed by atoms with Crippen molar-refractivity contribution in [2.75, 3.05) is 7.05 Å². The summed E-state index contributed by atoms with van der Waals surface area (Å²) in [4.78, 5) is 0. The molecule has 0 bridgehead atoms. The second-order valence-corrected chi connectivity index (χ2v) is 4.09. The zero-order valence-corrected chi connectivity index (χ0v) is 8.54. The predicted molar refractivity (Wildman–Crippen MR) is 52.6 cm³/mol.